The van der Waals surface area contributed by atoms with Gasteiger partial charge in [0.05, 0.1) is 17.3 Å². The molecule has 0 spiro atoms. The summed E-state index contributed by atoms with van der Waals surface area (Å²) >= 11 is 3.41. The van der Waals surface area contributed by atoms with E-state index in [4.69, 9.17) is 5.73 Å². The molecule has 0 unspecified atom stereocenters. The lowest BCUT2D eigenvalue weighted by molar-refractivity contribution is 0.100. The first-order chi connectivity index (χ1) is 7.59. The number of likely N-dealkylation sites (N-methyl/N-ethyl adjacent to an activating group) is 1. The van der Waals surface area contributed by atoms with E-state index >= 15 is 0 Å². The Morgan fingerprint density at radius 2 is 2.25 bits per heavy atom. The van der Waals surface area contributed by atoms with Crippen molar-refractivity contribution in [1.82, 2.24) is 5.32 Å². The van der Waals surface area contributed by atoms with Gasteiger partial charge in [0.2, 0.25) is 0 Å². The Bertz CT molecular complexity index is 418. The van der Waals surface area contributed by atoms with Crippen molar-refractivity contribution >= 4 is 27.5 Å². The van der Waals surface area contributed by atoms with Crippen molar-refractivity contribution in [1.29, 1.82) is 0 Å². The molecule has 0 aromatic heterocycles. The van der Waals surface area contributed by atoms with Crippen LogP contribution in [0.25, 0.3) is 0 Å². The first-order valence-electron chi connectivity index (χ1n) is 5.12. The Hall–Kier alpha value is -1.07. The van der Waals surface area contributed by atoms with Crippen molar-refractivity contribution in [2.45, 2.75) is 6.04 Å². The number of carbonyl (C=O) groups excluding carboxylic acids is 1. The van der Waals surface area contributed by atoms with Crippen LogP contribution in [0.3, 0.4) is 0 Å². The van der Waals surface area contributed by atoms with Gasteiger partial charge in [0.1, 0.15) is 0 Å². The van der Waals surface area contributed by atoms with E-state index in [0.29, 0.717) is 11.6 Å². The van der Waals surface area contributed by atoms with Crippen LogP contribution in [0, 0.1) is 0 Å². The molecule has 5 heteroatoms. The molecule has 1 aromatic rings. The zero-order valence-corrected chi connectivity index (χ0v) is 10.6. The third-order valence-electron chi connectivity index (χ3n) is 2.91. The number of rotatable bonds is 3. The van der Waals surface area contributed by atoms with Crippen molar-refractivity contribution in [2.75, 3.05) is 25.0 Å². The molecule has 3 N–H and O–H groups in total. The van der Waals surface area contributed by atoms with Crippen molar-refractivity contribution in [3.8, 4) is 0 Å². The summed E-state index contributed by atoms with van der Waals surface area (Å²) in [6.45, 7) is 1.89. The summed E-state index contributed by atoms with van der Waals surface area (Å²) in [5.41, 5.74) is 6.82. The molecule has 0 bridgehead atoms. The highest BCUT2D eigenvalue weighted by atomic mass is 79.9. The van der Waals surface area contributed by atoms with Crippen LogP contribution in [0.1, 0.15) is 10.4 Å². The first-order valence-corrected chi connectivity index (χ1v) is 5.92. The minimum atomic E-state index is -0.387. The molecule has 0 atom stereocenters. The third kappa shape index (κ3) is 2.05. The Morgan fingerprint density at radius 1 is 1.56 bits per heavy atom. The van der Waals surface area contributed by atoms with Gasteiger partial charge in [0.15, 0.2) is 0 Å². The second kappa shape index (κ2) is 4.43. The van der Waals surface area contributed by atoms with Gasteiger partial charge in [-0.2, -0.15) is 0 Å². The van der Waals surface area contributed by atoms with E-state index in [-0.39, 0.29) is 5.91 Å². The average Bonchev–Trinajstić information content (AvgIpc) is 2.14. The normalized spacial score (nSPS) is 15.6. The summed E-state index contributed by atoms with van der Waals surface area (Å²) in [6, 6.07) is 5.95. The minimum absolute atomic E-state index is 0.387. The smallest absolute Gasteiger partial charge is 0.250 e. The maximum absolute atomic E-state index is 11.3. The molecule has 1 aliphatic heterocycles. The first kappa shape index (κ1) is 11.4. The standard InChI is InChI=1S/C11H14BrN3O/c1-15(8-5-14-6-8)10-4-7(12)2-3-9(10)11(13)16/h2-4,8,14H,5-6H2,1H3,(H2,13,16). The van der Waals surface area contributed by atoms with Crippen LogP contribution >= 0.6 is 15.9 Å². The zero-order chi connectivity index (χ0) is 11.7. The summed E-state index contributed by atoms with van der Waals surface area (Å²) in [5, 5.41) is 3.21. The number of hydrogen-bond donors (Lipinski definition) is 2. The fourth-order valence-corrected chi connectivity index (χ4v) is 2.10. The van der Waals surface area contributed by atoms with Crippen LogP contribution in [0.15, 0.2) is 22.7 Å². The molecule has 1 aromatic carbocycles. The molecule has 16 heavy (non-hydrogen) atoms. The molecule has 0 saturated carbocycles. The van der Waals surface area contributed by atoms with Crippen molar-refractivity contribution in [2.24, 2.45) is 5.73 Å². The third-order valence-corrected chi connectivity index (χ3v) is 3.41. The van der Waals surface area contributed by atoms with E-state index in [1.807, 2.05) is 19.2 Å². The monoisotopic (exact) mass is 283 g/mol. The Labute approximate surface area is 103 Å². The fourth-order valence-electron chi connectivity index (χ4n) is 1.75. The lowest BCUT2D eigenvalue weighted by atomic mass is 10.1. The molecule has 0 radical (unpaired) electrons. The molecule has 1 saturated heterocycles. The van der Waals surface area contributed by atoms with Gasteiger partial charge < -0.3 is 16.0 Å². The van der Waals surface area contributed by atoms with Crippen LogP contribution < -0.4 is 16.0 Å². The number of primary amides is 1. The van der Waals surface area contributed by atoms with Crippen molar-refractivity contribution in [3.63, 3.8) is 0 Å². The maximum atomic E-state index is 11.3. The van der Waals surface area contributed by atoms with Gasteiger partial charge in [-0.25, -0.2) is 0 Å². The molecule has 2 rings (SSSR count). The van der Waals surface area contributed by atoms with Gasteiger partial charge in [-0.15, -0.1) is 0 Å². The number of halogens is 1. The van der Waals surface area contributed by atoms with Gasteiger partial charge in [0.25, 0.3) is 5.91 Å². The number of carbonyl (C=O) groups is 1. The van der Waals surface area contributed by atoms with E-state index in [1.54, 1.807) is 6.07 Å². The number of nitrogens with two attached hydrogens (primary N) is 1. The summed E-state index contributed by atoms with van der Waals surface area (Å²) in [6.07, 6.45) is 0. The van der Waals surface area contributed by atoms with E-state index < -0.39 is 0 Å². The predicted molar refractivity (Wildman–Crippen MR) is 67.7 cm³/mol. The molecule has 4 nitrogen and oxygen atoms in total. The lowest BCUT2D eigenvalue weighted by Crippen LogP contribution is -2.56. The number of benzene rings is 1. The molecular formula is C11H14BrN3O. The van der Waals surface area contributed by atoms with Crippen LogP contribution in [0.4, 0.5) is 5.69 Å². The topological polar surface area (TPSA) is 58.4 Å². The fraction of sp³-hybridized carbons (Fsp3) is 0.364. The van der Waals surface area contributed by atoms with Crippen LogP contribution in [-0.2, 0) is 0 Å². The molecule has 1 heterocycles. The number of nitrogens with one attached hydrogen (secondary N) is 1. The highest BCUT2D eigenvalue weighted by molar-refractivity contribution is 9.10. The van der Waals surface area contributed by atoms with Crippen LogP contribution in [0.2, 0.25) is 0 Å². The SMILES string of the molecule is CN(c1cc(Br)ccc1C(N)=O)C1CNC1. The van der Waals surface area contributed by atoms with Crippen LogP contribution in [-0.4, -0.2) is 32.1 Å². The number of nitrogens with zero attached hydrogens (tertiary/aromatic N) is 1. The largest absolute Gasteiger partial charge is 0.368 e. The zero-order valence-electron chi connectivity index (χ0n) is 9.03. The van der Waals surface area contributed by atoms with Gasteiger partial charge >= 0.3 is 0 Å². The Kier molecular flexibility index (Phi) is 3.16. The van der Waals surface area contributed by atoms with E-state index in [1.165, 1.54) is 0 Å². The van der Waals surface area contributed by atoms with E-state index in [9.17, 15) is 4.79 Å². The maximum Gasteiger partial charge on any atom is 0.250 e. The molecule has 1 fully saturated rings. The second-order valence-corrected chi connectivity index (χ2v) is 4.86. The van der Waals surface area contributed by atoms with E-state index in [0.717, 1.165) is 23.2 Å². The highest BCUT2D eigenvalue weighted by Gasteiger charge is 2.24. The summed E-state index contributed by atoms with van der Waals surface area (Å²) in [4.78, 5) is 13.4. The highest BCUT2D eigenvalue weighted by Crippen LogP contribution is 2.26. The second-order valence-electron chi connectivity index (χ2n) is 3.95. The quantitative estimate of drug-likeness (QED) is 0.869. The average molecular weight is 284 g/mol. The minimum Gasteiger partial charge on any atom is -0.368 e. The predicted octanol–water partition coefficient (Wildman–Crippen LogP) is 0.956. The van der Waals surface area contributed by atoms with Crippen LogP contribution in [0.5, 0.6) is 0 Å². The summed E-state index contributed by atoms with van der Waals surface area (Å²) in [5.74, 6) is -0.387. The van der Waals surface area contributed by atoms with Gasteiger partial charge in [-0.1, -0.05) is 15.9 Å². The molecular weight excluding hydrogens is 270 g/mol. The van der Waals surface area contributed by atoms with Crippen molar-refractivity contribution < 1.29 is 4.79 Å². The van der Waals surface area contributed by atoms with E-state index in [2.05, 4.69) is 26.1 Å². The summed E-state index contributed by atoms with van der Waals surface area (Å²) < 4.78 is 0.951. The number of hydrogen-bond acceptors (Lipinski definition) is 3. The molecule has 1 amide bonds. The number of amides is 1. The molecule has 0 aliphatic carbocycles. The van der Waals surface area contributed by atoms with Gasteiger partial charge in [0, 0.05) is 24.6 Å². The van der Waals surface area contributed by atoms with Crippen molar-refractivity contribution in [3.05, 3.63) is 28.2 Å². The number of anilines is 1. The Balaban J connectivity index is 2.36. The van der Waals surface area contributed by atoms with Gasteiger partial charge in [-0.05, 0) is 18.2 Å². The molecule has 1 aliphatic rings. The summed E-state index contributed by atoms with van der Waals surface area (Å²) in [7, 11) is 1.99. The Morgan fingerprint density at radius 3 is 2.75 bits per heavy atom. The molecule has 86 valence electrons. The lowest BCUT2D eigenvalue weighted by Gasteiger charge is -2.37. The van der Waals surface area contributed by atoms with Gasteiger partial charge in [-0.3, -0.25) is 4.79 Å².